The molecule has 24 heavy (non-hydrogen) atoms. The van der Waals surface area contributed by atoms with Crippen molar-refractivity contribution < 1.29 is 9.66 Å². The van der Waals surface area contributed by atoms with E-state index in [2.05, 4.69) is 15.3 Å². The number of nitrogens with zero attached hydrogens (tertiary/aromatic N) is 4. The lowest BCUT2D eigenvalue weighted by Crippen LogP contribution is -2.31. The Morgan fingerprint density at radius 1 is 1.17 bits per heavy atom. The van der Waals surface area contributed by atoms with E-state index < -0.39 is 4.92 Å². The van der Waals surface area contributed by atoms with Crippen molar-refractivity contribution in [3.8, 4) is 5.75 Å². The molecule has 8 nitrogen and oxygen atoms in total. The first-order valence-corrected chi connectivity index (χ1v) is 7.84. The molecule has 0 spiro atoms. The lowest BCUT2D eigenvalue weighted by Gasteiger charge is -2.27. The van der Waals surface area contributed by atoms with Crippen LogP contribution >= 0.6 is 0 Å². The molecule has 0 aliphatic carbocycles. The molecule has 0 radical (unpaired) electrons. The van der Waals surface area contributed by atoms with E-state index in [1.807, 2.05) is 4.90 Å². The van der Waals surface area contributed by atoms with Gasteiger partial charge >= 0.3 is 5.69 Å². The van der Waals surface area contributed by atoms with E-state index in [4.69, 9.17) is 4.74 Å². The van der Waals surface area contributed by atoms with Crippen LogP contribution < -0.4 is 15.0 Å². The molecule has 1 aliphatic heterocycles. The molecule has 0 unspecified atom stereocenters. The van der Waals surface area contributed by atoms with Crippen LogP contribution in [0.25, 0.3) is 0 Å². The van der Waals surface area contributed by atoms with E-state index in [0.717, 1.165) is 32.4 Å². The zero-order valence-electron chi connectivity index (χ0n) is 13.4. The van der Waals surface area contributed by atoms with Crippen molar-refractivity contribution in [1.82, 2.24) is 9.97 Å². The molecule has 2 aromatic rings. The number of nitrogens with one attached hydrogen (secondary N) is 1. The molecule has 0 amide bonds. The van der Waals surface area contributed by atoms with Gasteiger partial charge in [0.15, 0.2) is 0 Å². The molecule has 3 rings (SSSR count). The molecule has 1 aliphatic rings. The van der Waals surface area contributed by atoms with E-state index in [1.54, 1.807) is 31.4 Å². The number of anilines is 3. The highest BCUT2D eigenvalue weighted by molar-refractivity contribution is 5.74. The van der Waals surface area contributed by atoms with Crippen LogP contribution in [0.15, 0.2) is 30.6 Å². The number of piperidine rings is 1. The molecule has 8 heteroatoms. The first-order valence-electron chi connectivity index (χ1n) is 7.84. The summed E-state index contributed by atoms with van der Waals surface area (Å²) in [5.41, 5.74) is 0.609. The maximum Gasteiger partial charge on any atom is 0.353 e. The van der Waals surface area contributed by atoms with Crippen LogP contribution in [0.5, 0.6) is 5.75 Å². The number of benzene rings is 1. The van der Waals surface area contributed by atoms with E-state index in [9.17, 15) is 10.1 Å². The Bertz CT molecular complexity index is 714. The molecule has 1 aromatic heterocycles. The third-order valence-corrected chi connectivity index (χ3v) is 3.99. The molecule has 2 heterocycles. The number of aromatic nitrogens is 2. The van der Waals surface area contributed by atoms with E-state index in [0.29, 0.717) is 17.3 Å². The first-order chi connectivity index (χ1) is 11.7. The molecule has 1 saturated heterocycles. The minimum absolute atomic E-state index is 0.0878. The van der Waals surface area contributed by atoms with Crippen molar-refractivity contribution in [2.24, 2.45) is 0 Å². The summed E-state index contributed by atoms with van der Waals surface area (Å²) in [5.74, 6) is 1.29. The lowest BCUT2D eigenvalue weighted by atomic mass is 10.1. The van der Waals surface area contributed by atoms with Crippen LogP contribution in [-0.2, 0) is 0 Å². The van der Waals surface area contributed by atoms with Crippen LogP contribution in [0.1, 0.15) is 19.3 Å². The van der Waals surface area contributed by atoms with Gasteiger partial charge in [0.05, 0.1) is 12.0 Å². The summed E-state index contributed by atoms with van der Waals surface area (Å²) in [4.78, 5) is 21.4. The Morgan fingerprint density at radius 3 is 2.50 bits per heavy atom. The van der Waals surface area contributed by atoms with Crippen molar-refractivity contribution in [2.45, 2.75) is 19.3 Å². The van der Waals surface area contributed by atoms with Crippen LogP contribution in [0, 0.1) is 10.1 Å². The molecule has 0 bridgehead atoms. The average molecular weight is 329 g/mol. The van der Waals surface area contributed by atoms with Crippen LogP contribution in [0.2, 0.25) is 0 Å². The molecule has 1 N–H and O–H groups in total. The summed E-state index contributed by atoms with van der Waals surface area (Å²) >= 11 is 0. The smallest absolute Gasteiger partial charge is 0.353 e. The Hall–Kier alpha value is -2.90. The van der Waals surface area contributed by atoms with Gasteiger partial charge in [-0.2, -0.15) is 0 Å². The van der Waals surface area contributed by atoms with Gasteiger partial charge in [-0.05, 0) is 43.5 Å². The Kier molecular flexibility index (Phi) is 4.74. The van der Waals surface area contributed by atoms with Gasteiger partial charge in [0.25, 0.3) is 0 Å². The van der Waals surface area contributed by atoms with Crippen molar-refractivity contribution in [1.29, 1.82) is 0 Å². The molecule has 1 aromatic carbocycles. The number of rotatable bonds is 5. The highest BCUT2D eigenvalue weighted by Gasteiger charge is 2.27. The molecule has 126 valence electrons. The maximum absolute atomic E-state index is 11.6. The second-order valence-electron chi connectivity index (χ2n) is 5.55. The number of hydrogen-bond acceptors (Lipinski definition) is 7. The fourth-order valence-electron chi connectivity index (χ4n) is 2.78. The quantitative estimate of drug-likeness (QED) is 0.665. The number of methoxy groups -OCH3 is 1. The number of ether oxygens (including phenoxy) is 1. The lowest BCUT2D eigenvalue weighted by molar-refractivity contribution is -0.383. The fraction of sp³-hybridized carbons (Fsp3) is 0.375. The monoisotopic (exact) mass is 329 g/mol. The standard InChI is InChI=1S/C16H19N5O3/c1-24-13-7-5-12(6-8-13)19-15-14(21(22)23)16(18-11-17-15)20-9-3-2-4-10-20/h5-8,11H,2-4,9-10H2,1H3,(H,17,18,19). The molecular weight excluding hydrogens is 310 g/mol. The Morgan fingerprint density at radius 2 is 1.88 bits per heavy atom. The van der Waals surface area contributed by atoms with Crippen LogP contribution in [-0.4, -0.2) is 35.1 Å². The van der Waals surface area contributed by atoms with E-state index in [1.165, 1.54) is 6.33 Å². The second-order valence-corrected chi connectivity index (χ2v) is 5.55. The van der Waals surface area contributed by atoms with Crippen molar-refractivity contribution in [3.05, 3.63) is 40.7 Å². The maximum atomic E-state index is 11.6. The average Bonchev–Trinajstić information content (AvgIpc) is 2.62. The van der Waals surface area contributed by atoms with Gasteiger partial charge in [0.2, 0.25) is 11.6 Å². The molecular formula is C16H19N5O3. The minimum Gasteiger partial charge on any atom is -0.497 e. The van der Waals surface area contributed by atoms with Gasteiger partial charge < -0.3 is 15.0 Å². The van der Waals surface area contributed by atoms with Gasteiger partial charge in [-0.15, -0.1) is 0 Å². The summed E-state index contributed by atoms with van der Waals surface area (Å²) in [6, 6.07) is 7.12. The van der Waals surface area contributed by atoms with Gasteiger partial charge in [-0.1, -0.05) is 0 Å². The number of nitro groups is 1. The van der Waals surface area contributed by atoms with Crippen LogP contribution in [0.4, 0.5) is 23.0 Å². The predicted molar refractivity (Wildman–Crippen MR) is 91.0 cm³/mol. The predicted octanol–water partition coefficient (Wildman–Crippen LogP) is 3.13. The Labute approximate surface area is 139 Å². The zero-order chi connectivity index (χ0) is 16.9. The largest absolute Gasteiger partial charge is 0.497 e. The van der Waals surface area contributed by atoms with Gasteiger partial charge in [-0.3, -0.25) is 10.1 Å². The van der Waals surface area contributed by atoms with Crippen molar-refractivity contribution in [2.75, 3.05) is 30.4 Å². The summed E-state index contributed by atoms with van der Waals surface area (Å²) in [5, 5.41) is 14.6. The van der Waals surface area contributed by atoms with Gasteiger partial charge in [0.1, 0.15) is 12.1 Å². The fourth-order valence-corrected chi connectivity index (χ4v) is 2.78. The number of hydrogen-bond donors (Lipinski definition) is 1. The Balaban J connectivity index is 1.92. The second kappa shape index (κ2) is 7.12. The molecule has 0 saturated carbocycles. The highest BCUT2D eigenvalue weighted by atomic mass is 16.6. The zero-order valence-corrected chi connectivity index (χ0v) is 13.4. The minimum atomic E-state index is -0.421. The molecule has 1 fully saturated rings. The van der Waals surface area contributed by atoms with Gasteiger partial charge in [0, 0.05) is 18.8 Å². The van der Waals surface area contributed by atoms with Crippen LogP contribution in [0.3, 0.4) is 0 Å². The van der Waals surface area contributed by atoms with E-state index in [-0.39, 0.29) is 11.5 Å². The summed E-state index contributed by atoms with van der Waals surface area (Å²) in [6.45, 7) is 1.56. The summed E-state index contributed by atoms with van der Waals surface area (Å²) < 4.78 is 5.11. The molecule has 0 atom stereocenters. The highest BCUT2D eigenvalue weighted by Crippen LogP contribution is 2.34. The van der Waals surface area contributed by atoms with Gasteiger partial charge in [-0.25, -0.2) is 9.97 Å². The van der Waals surface area contributed by atoms with Crippen molar-refractivity contribution in [3.63, 3.8) is 0 Å². The third kappa shape index (κ3) is 3.37. The van der Waals surface area contributed by atoms with Crippen molar-refractivity contribution >= 4 is 23.0 Å². The summed E-state index contributed by atoms with van der Waals surface area (Å²) in [6.07, 6.45) is 4.54. The summed E-state index contributed by atoms with van der Waals surface area (Å²) in [7, 11) is 1.59. The first kappa shape index (κ1) is 16.0. The topological polar surface area (TPSA) is 93.4 Å². The SMILES string of the molecule is COc1ccc(Nc2ncnc(N3CCCCC3)c2[N+](=O)[O-])cc1. The normalized spacial score (nSPS) is 14.3. The third-order valence-electron chi connectivity index (χ3n) is 3.99. The van der Waals surface area contributed by atoms with E-state index >= 15 is 0 Å².